The summed E-state index contributed by atoms with van der Waals surface area (Å²) in [6.07, 6.45) is -0.365. The summed E-state index contributed by atoms with van der Waals surface area (Å²) >= 11 is 0. The van der Waals surface area contributed by atoms with Crippen LogP contribution in [0.15, 0.2) is 54.6 Å². The van der Waals surface area contributed by atoms with Crippen LogP contribution in [0.3, 0.4) is 0 Å². The van der Waals surface area contributed by atoms with E-state index in [1.165, 1.54) is 31.4 Å². The highest BCUT2D eigenvalue weighted by molar-refractivity contribution is 6.24. The van der Waals surface area contributed by atoms with Gasteiger partial charge in [0.25, 0.3) is 0 Å². The minimum atomic E-state index is -1.57. The Morgan fingerprint density at radius 1 is 1.09 bits per heavy atom. The smallest absolute Gasteiger partial charge is 0.307 e. The Balaban J connectivity index is 1.70. The van der Waals surface area contributed by atoms with Crippen LogP contribution in [0.5, 0.6) is 0 Å². The monoisotopic (exact) mass is 451 g/mol. The molecule has 3 aliphatic rings. The molecule has 3 amide bonds. The summed E-state index contributed by atoms with van der Waals surface area (Å²) in [6, 6.07) is 13.7. The molecule has 0 saturated carbocycles. The molecule has 33 heavy (non-hydrogen) atoms. The number of esters is 1. The van der Waals surface area contributed by atoms with E-state index in [2.05, 4.69) is 5.32 Å². The fourth-order valence-electron chi connectivity index (χ4n) is 5.65. The second-order valence-corrected chi connectivity index (χ2v) is 8.47. The van der Waals surface area contributed by atoms with E-state index in [1.807, 2.05) is 35.2 Å². The first kappa shape index (κ1) is 21.3. The third kappa shape index (κ3) is 2.99. The lowest BCUT2D eigenvalue weighted by Crippen LogP contribution is -2.67. The highest BCUT2D eigenvalue weighted by atomic mass is 19.1. The Kier molecular flexibility index (Phi) is 5.01. The van der Waals surface area contributed by atoms with Crippen molar-refractivity contribution in [1.82, 2.24) is 10.2 Å². The fraction of sp³-hybridized carbons (Fsp3) is 0.333. The van der Waals surface area contributed by atoms with Gasteiger partial charge < -0.3 is 10.1 Å². The predicted octanol–water partition coefficient (Wildman–Crippen LogP) is 1.42. The van der Waals surface area contributed by atoms with Crippen molar-refractivity contribution in [3.8, 4) is 0 Å². The van der Waals surface area contributed by atoms with Crippen LogP contribution >= 0.6 is 0 Å². The van der Waals surface area contributed by atoms with Crippen molar-refractivity contribution in [3.05, 3.63) is 66.0 Å². The number of fused-ring (bicyclic) bond motifs is 3. The van der Waals surface area contributed by atoms with Gasteiger partial charge in [0.1, 0.15) is 11.4 Å². The lowest BCUT2D eigenvalue weighted by Gasteiger charge is -2.45. The molecule has 2 aromatic rings. The van der Waals surface area contributed by atoms with Crippen molar-refractivity contribution in [2.24, 2.45) is 11.8 Å². The van der Waals surface area contributed by atoms with Gasteiger partial charge in [-0.1, -0.05) is 30.3 Å². The van der Waals surface area contributed by atoms with Gasteiger partial charge in [-0.2, -0.15) is 0 Å². The van der Waals surface area contributed by atoms with Crippen LogP contribution < -0.4 is 10.2 Å². The second-order valence-electron chi connectivity index (χ2n) is 8.47. The summed E-state index contributed by atoms with van der Waals surface area (Å²) in [4.78, 5) is 56.3. The van der Waals surface area contributed by atoms with Crippen LogP contribution in [0.25, 0.3) is 0 Å². The molecule has 0 aromatic heterocycles. The third-order valence-corrected chi connectivity index (χ3v) is 6.95. The molecular formula is C24H22FN3O5. The predicted molar refractivity (Wildman–Crippen MR) is 114 cm³/mol. The number of ether oxygens (including phenoxy) is 1. The number of amides is 3. The highest BCUT2D eigenvalue weighted by Gasteiger charge is 2.73. The molecule has 1 N–H and O–H groups in total. The third-order valence-electron chi connectivity index (χ3n) is 6.95. The number of nitrogens with one attached hydrogen (secondary N) is 1. The second kappa shape index (κ2) is 7.77. The molecule has 8 nitrogen and oxygen atoms in total. The van der Waals surface area contributed by atoms with Crippen molar-refractivity contribution >= 4 is 29.4 Å². The number of hydrogen-bond acceptors (Lipinski definition) is 6. The van der Waals surface area contributed by atoms with Gasteiger partial charge in [0, 0.05) is 19.1 Å². The molecule has 9 heteroatoms. The van der Waals surface area contributed by atoms with Gasteiger partial charge in [0.2, 0.25) is 17.7 Å². The van der Waals surface area contributed by atoms with Gasteiger partial charge >= 0.3 is 5.97 Å². The number of anilines is 1. The van der Waals surface area contributed by atoms with Gasteiger partial charge in [-0.05, 0) is 29.8 Å². The van der Waals surface area contributed by atoms with Crippen LogP contribution in [0.2, 0.25) is 0 Å². The number of rotatable bonds is 4. The summed E-state index contributed by atoms with van der Waals surface area (Å²) < 4.78 is 18.4. The summed E-state index contributed by atoms with van der Waals surface area (Å²) in [6.45, 7) is 0.695. The van der Waals surface area contributed by atoms with Crippen molar-refractivity contribution < 1.29 is 28.3 Å². The molecule has 0 spiro atoms. The number of carbonyl (C=O) groups excluding carboxylic acids is 4. The number of nitrogens with zero attached hydrogens (tertiary/aromatic N) is 2. The largest absolute Gasteiger partial charge is 0.469 e. The molecule has 0 aliphatic carbocycles. The number of piperazine rings is 1. The topological polar surface area (TPSA) is 96.0 Å². The zero-order chi connectivity index (χ0) is 23.3. The molecule has 3 fully saturated rings. The molecule has 4 atom stereocenters. The maximum Gasteiger partial charge on any atom is 0.307 e. The summed E-state index contributed by atoms with van der Waals surface area (Å²) in [7, 11) is 1.22. The fourth-order valence-corrected chi connectivity index (χ4v) is 5.65. The molecule has 0 radical (unpaired) electrons. The van der Waals surface area contributed by atoms with Crippen molar-refractivity contribution in [2.75, 3.05) is 25.1 Å². The average molecular weight is 451 g/mol. The normalized spacial score (nSPS) is 29.0. The Labute approximate surface area is 189 Å². The number of benzene rings is 2. The molecule has 2 aromatic carbocycles. The number of carbonyl (C=O) groups is 4. The molecule has 0 bridgehead atoms. The summed E-state index contributed by atoms with van der Waals surface area (Å²) in [5.41, 5.74) is -0.572. The minimum Gasteiger partial charge on any atom is -0.469 e. The van der Waals surface area contributed by atoms with Crippen molar-refractivity contribution in [1.29, 1.82) is 0 Å². The Bertz CT molecular complexity index is 1140. The van der Waals surface area contributed by atoms with Gasteiger partial charge in [0.15, 0.2) is 0 Å². The van der Waals surface area contributed by atoms with Crippen LogP contribution in [0, 0.1) is 17.7 Å². The summed E-state index contributed by atoms with van der Waals surface area (Å²) in [5, 5.41) is 2.79. The van der Waals surface area contributed by atoms with Crippen LogP contribution in [-0.4, -0.2) is 54.3 Å². The molecule has 3 heterocycles. The Morgan fingerprint density at radius 2 is 1.79 bits per heavy atom. The van der Waals surface area contributed by atoms with Gasteiger partial charge in [-0.25, -0.2) is 9.29 Å². The number of hydrogen-bond donors (Lipinski definition) is 1. The zero-order valence-electron chi connectivity index (χ0n) is 17.9. The van der Waals surface area contributed by atoms with Gasteiger partial charge in [0.05, 0.1) is 31.1 Å². The van der Waals surface area contributed by atoms with Crippen LogP contribution in [0.4, 0.5) is 10.1 Å². The average Bonchev–Trinajstić information content (AvgIpc) is 3.26. The molecular weight excluding hydrogens is 429 g/mol. The maximum absolute atomic E-state index is 13.8. The van der Waals surface area contributed by atoms with E-state index in [0.717, 1.165) is 10.5 Å². The van der Waals surface area contributed by atoms with Crippen molar-refractivity contribution in [2.45, 2.75) is 18.0 Å². The quantitative estimate of drug-likeness (QED) is 0.558. The Hall–Kier alpha value is -3.59. The molecule has 5 rings (SSSR count). The van der Waals surface area contributed by atoms with E-state index in [0.29, 0.717) is 13.1 Å². The van der Waals surface area contributed by atoms with E-state index in [1.54, 1.807) is 0 Å². The minimum absolute atomic E-state index is 0.226. The standard InChI is InChI=1S/C24H22FN3O5/c1-33-17(29)13-24-19-18(21(30)28(22(19)31)16-9-7-15(25)8-10-16)20(14-5-3-2-4-6-14)27(24)12-11-26-23(24)32/h2-10,18-20H,11-13H2,1H3,(H,26,32)/t18-,19-,20-,24+/m1/s1. The number of imide groups is 1. The first-order valence-corrected chi connectivity index (χ1v) is 10.7. The lowest BCUT2D eigenvalue weighted by molar-refractivity contribution is -0.154. The molecule has 3 saturated heterocycles. The SMILES string of the molecule is COC(=O)C[C@]12C(=O)NCCN1[C@H](c1ccccc1)[C@@H]1C(=O)N(c3ccc(F)cc3)C(=O)[C@@H]12. The van der Waals surface area contributed by atoms with Crippen molar-refractivity contribution in [3.63, 3.8) is 0 Å². The maximum atomic E-state index is 13.8. The summed E-state index contributed by atoms with van der Waals surface area (Å²) in [5.74, 6) is -4.67. The zero-order valence-corrected chi connectivity index (χ0v) is 17.9. The van der Waals surface area contributed by atoms with E-state index < -0.39 is 52.9 Å². The van der Waals surface area contributed by atoms with Gasteiger partial charge in [-0.15, -0.1) is 0 Å². The number of halogens is 1. The first-order chi connectivity index (χ1) is 15.9. The van der Waals surface area contributed by atoms with Gasteiger partial charge in [-0.3, -0.25) is 24.1 Å². The van der Waals surface area contributed by atoms with E-state index >= 15 is 0 Å². The van der Waals surface area contributed by atoms with Crippen LogP contribution in [-0.2, 0) is 23.9 Å². The number of methoxy groups -OCH3 is 1. The molecule has 3 aliphatic heterocycles. The Morgan fingerprint density at radius 3 is 2.45 bits per heavy atom. The first-order valence-electron chi connectivity index (χ1n) is 10.7. The molecule has 0 unspecified atom stereocenters. The van der Waals surface area contributed by atoms with E-state index in [9.17, 15) is 23.6 Å². The van der Waals surface area contributed by atoms with Crippen LogP contribution in [0.1, 0.15) is 18.0 Å². The van der Waals surface area contributed by atoms with E-state index in [-0.39, 0.29) is 12.1 Å². The lowest BCUT2D eigenvalue weighted by atomic mass is 9.76. The van der Waals surface area contributed by atoms with E-state index in [4.69, 9.17) is 4.74 Å². The molecule has 170 valence electrons. The highest BCUT2D eigenvalue weighted by Crippen LogP contribution is 2.57.